The van der Waals surface area contributed by atoms with Crippen LogP contribution in [-0.2, 0) is 0 Å². The normalized spacial score (nSPS) is 10.9. The molecule has 2 heterocycles. The van der Waals surface area contributed by atoms with Gasteiger partial charge in [-0.05, 0) is 43.3 Å². The van der Waals surface area contributed by atoms with Crippen molar-refractivity contribution >= 4 is 27.9 Å². The lowest BCUT2D eigenvalue weighted by atomic mass is 10.2. The predicted octanol–water partition coefficient (Wildman–Crippen LogP) is 4.78. The summed E-state index contributed by atoms with van der Waals surface area (Å²) in [5.41, 5.74) is 2.87. The Labute approximate surface area is 170 Å². The summed E-state index contributed by atoms with van der Waals surface area (Å²) in [5, 5.41) is 2.88. The fourth-order valence-corrected chi connectivity index (χ4v) is 4.01. The van der Waals surface area contributed by atoms with Crippen molar-refractivity contribution in [2.75, 3.05) is 19.5 Å². The van der Waals surface area contributed by atoms with Crippen molar-refractivity contribution in [2.45, 2.75) is 6.92 Å². The first kappa shape index (κ1) is 18.9. The molecule has 4 aromatic rings. The highest BCUT2D eigenvalue weighted by Crippen LogP contribution is 2.31. The number of thiazole rings is 1. The molecule has 0 bridgehead atoms. The number of ether oxygens (including phenoxy) is 2. The van der Waals surface area contributed by atoms with Gasteiger partial charge < -0.3 is 14.8 Å². The minimum Gasteiger partial charge on any atom is -0.497 e. The Morgan fingerprint density at radius 3 is 2.55 bits per heavy atom. The second kappa shape index (κ2) is 7.56. The van der Waals surface area contributed by atoms with Crippen LogP contribution in [0.25, 0.3) is 16.2 Å². The van der Waals surface area contributed by atoms with E-state index in [0.717, 1.165) is 17.0 Å². The fourth-order valence-electron chi connectivity index (χ4n) is 3.00. The molecule has 0 radical (unpaired) electrons. The molecular formula is C21H18FN3O3S. The Bertz CT molecular complexity index is 1200. The second-order valence-corrected chi connectivity index (χ2v) is 7.30. The van der Waals surface area contributed by atoms with Gasteiger partial charge >= 0.3 is 0 Å². The first-order valence-electron chi connectivity index (χ1n) is 8.78. The Hall–Kier alpha value is -3.39. The molecule has 0 aliphatic carbocycles. The Kier molecular flexibility index (Phi) is 4.94. The number of nitrogens with one attached hydrogen (secondary N) is 1. The minimum absolute atomic E-state index is 0.246. The number of halogens is 1. The summed E-state index contributed by atoms with van der Waals surface area (Å²) < 4.78 is 25.5. The SMILES string of the molecule is COc1ccc(NC(=O)c2sc3nc(-c4ccc(F)cc4)cn3c2C)c(OC)c1. The number of anilines is 1. The quantitative estimate of drug-likeness (QED) is 0.513. The number of carbonyl (C=O) groups excluding carboxylic acids is 1. The van der Waals surface area contributed by atoms with Crippen molar-refractivity contribution < 1.29 is 18.7 Å². The zero-order valence-corrected chi connectivity index (χ0v) is 16.8. The van der Waals surface area contributed by atoms with Gasteiger partial charge in [-0.3, -0.25) is 9.20 Å². The van der Waals surface area contributed by atoms with E-state index >= 15 is 0 Å². The molecule has 0 spiro atoms. The number of benzene rings is 2. The van der Waals surface area contributed by atoms with Crippen molar-refractivity contribution in [3.63, 3.8) is 0 Å². The van der Waals surface area contributed by atoms with E-state index < -0.39 is 0 Å². The van der Waals surface area contributed by atoms with E-state index in [1.165, 1.54) is 30.6 Å². The molecule has 0 aliphatic rings. The van der Waals surface area contributed by atoms with E-state index in [1.54, 1.807) is 37.4 Å². The number of aromatic nitrogens is 2. The van der Waals surface area contributed by atoms with Crippen molar-refractivity contribution in [3.05, 3.63) is 65.0 Å². The van der Waals surface area contributed by atoms with Crippen LogP contribution >= 0.6 is 11.3 Å². The number of aryl methyl sites for hydroxylation is 1. The highest BCUT2D eigenvalue weighted by molar-refractivity contribution is 7.19. The molecule has 6 nitrogen and oxygen atoms in total. The van der Waals surface area contributed by atoms with E-state index in [0.29, 0.717) is 27.0 Å². The molecular weight excluding hydrogens is 393 g/mol. The molecule has 2 aromatic carbocycles. The summed E-state index contributed by atoms with van der Waals surface area (Å²) >= 11 is 1.29. The second-order valence-electron chi connectivity index (χ2n) is 6.32. The van der Waals surface area contributed by atoms with Crippen LogP contribution in [0.4, 0.5) is 10.1 Å². The Balaban J connectivity index is 1.63. The van der Waals surface area contributed by atoms with E-state index in [-0.39, 0.29) is 11.7 Å². The highest BCUT2D eigenvalue weighted by atomic mass is 32.1. The summed E-state index contributed by atoms with van der Waals surface area (Å²) in [6.45, 7) is 1.86. The van der Waals surface area contributed by atoms with Crippen molar-refractivity contribution in [1.82, 2.24) is 9.38 Å². The van der Waals surface area contributed by atoms with Gasteiger partial charge in [-0.15, -0.1) is 0 Å². The van der Waals surface area contributed by atoms with Crippen LogP contribution in [0.15, 0.2) is 48.7 Å². The largest absolute Gasteiger partial charge is 0.497 e. The lowest BCUT2D eigenvalue weighted by Crippen LogP contribution is -2.12. The standard InChI is InChI=1S/C21H18FN3O3S/c1-12-19(20(26)23-16-9-8-15(27-2)10-18(16)28-3)29-21-24-17(11-25(12)21)13-4-6-14(22)7-5-13/h4-11H,1-3H3,(H,23,26). The van der Waals surface area contributed by atoms with Gasteiger partial charge in [0, 0.05) is 23.5 Å². The van der Waals surface area contributed by atoms with Gasteiger partial charge in [0.05, 0.1) is 25.6 Å². The molecule has 0 saturated carbocycles. The van der Waals surface area contributed by atoms with E-state index in [4.69, 9.17) is 9.47 Å². The van der Waals surface area contributed by atoms with Crippen LogP contribution in [0.1, 0.15) is 15.4 Å². The number of rotatable bonds is 5. The van der Waals surface area contributed by atoms with E-state index in [2.05, 4.69) is 10.3 Å². The highest BCUT2D eigenvalue weighted by Gasteiger charge is 2.19. The maximum absolute atomic E-state index is 13.1. The van der Waals surface area contributed by atoms with Crippen molar-refractivity contribution in [3.8, 4) is 22.8 Å². The average molecular weight is 411 g/mol. The first-order chi connectivity index (χ1) is 14.0. The Morgan fingerprint density at radius 1 is 1.14 bits per heavy atom. The van der Waals surface area contributed by atoms with Crippen LogP contribution in [0.2, 0.25) is 0 Å². The topological polar surface area (TPSA) is 64.9 Å². The zero-order valence-electron chi connectivity index (χ0n) is 16.0. The van der Waals surface area contributed by atoms with Gasteiger partial charge in [0.1, 0.15) is 22.2 Å². The number of hydrogen-bond donors (Lipinski definition) is 1. The number of fused-ring (bicyclic) bond motifs is 1. The Morgan fingerprint density at radius 2 is 1.90 bits per heavy atom. The molecule has 4 rings (SSSR count). The molecule has 8 heteroatoms. The number of hydrogen-bond acceptors (Lipinski definition) is 5. The van der Waals surface area contributed by atoms with Crippen LogP contribution in [0.3, 0.4) is 0 Å². The molecule has 148 valence electrons. The molecule has 1 N–H and O–H groups in total. The van der Waals surface area contributed by atoms with Gasteiger partial charge in [-0.25, -0.2) is 9.37 Å². The van der Waals surface area contributed by atoms with Gasteiger partial charge in [0.25, 0.3) is 5.91 Å². The zero-order chi connectivity index (χ0) is 20.5. The molecule has 29 heavy (non-hydrogen) atoms. The summed E-state index contributed by atoms with van der Waals surface area (Å²) in [5.74, 6) is 0.609. The fraction of sp³-hybridized carbons (Fsp3) is 0.143. The third-order valence-electron chi connectivity index (χ3n) is 4.56. The molecule has 0 atom stereocenters. The van der Waals surface area contributed by atoms with E-state index in [9.17, 15) is 9.18 Å². The van der Waals surface area contributed by atoms with Crippen LogP contribution < -0.4 is 14.8 Å². The molecule has 0 fully saturated rings. The lowest BCUT2D eigenvalue weighted by Gasteiger charge is -2.11. The van der Waals surface area contributed by atoms with Crippen LogP contribution in [0, 0.1) is 12.7 Å². The average Bonchev–Trinajstić information content (AvgIpc) is 3.28. The third kappa shape index (κ3) is 3.54. The predicted molar refractivity (Wildman–Crippen MR) is 111 cm³/mol. The van der Waals surface area contributed by atoms with Gasteiger partial charge in [0.15, 0.2) is 4.96 Å². The monoisotopic (exact) mass is 411 g/mol. The maximum Gasteiger partial charge on any atom is 0.267 e. The van der Waals surface area contributed by atoms with Crippen molar-refractivity contribution in [1.29, 1.82) is 0 Å². The summed E-state index contributed by atoms with van der Waals surface area (Å²) in [6, 6.07) is 11.4. The van der Waals surface area contributed by atoms with Crippen LogP contribution in [-0.4, -0.2) is 29.5 Å². The van der Waals surface area contributed by atoms with Crippen molar-refractivity contribution in [2.24, 2.45) is 0 Å². The van der Waals surface area contributed by atoms with Gasteiger partial charge in [-0.2, -0.15) is 0 Å². The number of carbonyl (C=O) groups is 1. The summed E-state index contributed by atoms with van der Waals surface area (Å²) in [4.78, 5) is 18.7. The number of amides is 1. The number of nitrogens with zero attached hydrogens (tertiary/aromatic N) is 2. The van der Waals surface area contributed by atoms with Gasteiger partial charge in [0.2, 0.25) is 0 Å². The smallest absolute Gasteiger partial charge is 0.267 e. The maximum atomic E-state index is 13.1. The van der Waals surface area contributed by atoms with Crippen LogP contribution in [0.5, 0.6) is 11.5 Å². The minimum atomic E-state index is -0.293. The first-order valence-corrected chi connectivity index (χ1v) is 9.59. The number of methoxy groups -OCH3 is 2. The number of imidazole rings is 1. The molecule has 2 aromatic heterocycles. The molecule has 0 saturated heterocycles. The van der Waals surface area contributed by atoms with Gasteiger partial charge in [-0.1, -0.05) is 11.3 Å². The molecule has 1 amide bonds. The summed E-state index contributed by atoms with van der Waals surface area (Å²) in [7, 11) is 3.10. The lowest BCUT2D eigenvalue weighted by molar-refractivity contribution is 0.102. The molecule has 0 aliphatic heterocycles. The third-order valence-corrected chi connectivity index (χ3v) is 5.72. The van der Waals surface area contributed by atoms with E-state index in [1.807, 2.05) is 17.5 Å². The summed E-state index contributed by atoms with van der Waals surface area (Å²) in [6.07, 6.45) is 1.85. The molecule has 0 unspecified atom stereocenters.